The molecule has 2 aliphatic heterocycles. The summed E-state index contributed by atoms with van der Waals surface area (Å²) in [5, 5.41) is 14.5. The van der Waals surface area contributed by atoms with Gasteiger partial charge in [0.2, 0.25) is 5.96 Å². The van der Waals surface area contributed by atoms with Gasteiger partial charge in [-0.25, -0.2) is 9.48 Å². The topological polar surface area (TPSA) is 74.0 Å². The fourth-order valence-electron chi connectivity index (χ4n) is 5.58. The number of aromatic nitrogens is 2. The van der Waals surface area contributed by atoms with E-state index >= 15 is 0 Å². The third-order valence-corrected chi connectivity index (χ3v) is 7.37. The molecular weight excluding hydrogens is 486 g/mol. The van der Waals surface area contributed by atoms with E-state index in [2.05, 4.69) is 52.3 Å². The van der Waals surface area contributed by atoms with Crippen LogP contribution in [-0.4, -0.2) is 26.8 Å². The summed E-state index contributed by atoms with van der Waals surface area (Å²) in [7, 11) is 0. The zero-order valence-corrected chi connectivity index (χ0v) is 21.3. The van der Waals surface area contributed by atoms with E-state index in [1.165, 1.54) is 5.56 Å². The Balaban J connectivity index is 1.47. The van der Waals surface area contributed by atoms with Gasteiger partial charge in [-0.15, -0.1) is 0 Å². The first-order valence-electron chi connectivity index (χ1n) is 12.9. The van der Waals surface area contributed by atoms with Gasteiger partial charge >= 0.3 is 5.97 Å². The molecule has 0 spiro atoms. The van der Waals surface area contributed by atoms with E-state index < -0.39 is 5.97 Å². The van der Waals surface area contributed by atoms with E-state index in [1.54, 1.807) is 12.1 Å². The van der Waals surface area contributed by atoms with Crippen molar-refractivity contribution in [3.05, 3.63) is 137 Å². The van der Waals surface area contributed by atoms with E-state index in [0.29, 0.717) is 6.54 Å². The monoisotopic (exact) mass is 511 g/mol. The predicted molar refractivity (Wildman–Crippen MR) is 152 cm³/mol. The summed E-state index contributed by atoms with van der Waals surface area (Å²) in [5.41, 5.74) is 7.35. The highest BCUT2D eigenvalue weighted by Gasteiger charge is 2.44. The van der Waals surface area contributed by atoms with Gasteiger partial charge in [-0.3, -0.25) is 4.90 Å². The highest BCUT2D eigenvalue weighted by atomic mass is 16.4. The number of benzene rings is 4. The molecule has 1 atom stereocenters. The Hall–Kier alpha value is -5.17. The number of aryl methyl sites for hydroxylation is 1. The van der Waals surface area contributed by atoms with Crippen LogP contribution < -0.4 is 9.80 Å². The molecule has 0 radical (unpaired) electrons. The number of rotatable bonds is 5. The molecule has 7 rings (SSSR count). The number of guanidine groups is 1. The molecule has 5 aromatic rings. The number of aromatic carboxylic acids is 1. The maximum Gasteiger partial charge on any atom is 0.335 e. The molecule has 1 unspecified atom stereocenters. The molecule has 0 fully saturated rings. The van der Waals surface area contributed by atoms with Crippen LogP contribution >= 0.6 is 0 Å². The maximum absolute atomic E-state index is 11.6. The number of carboxylic acids is 1. The van der Waals surface area contributed by atoms with Crippen LogP contribution in [0.2, 0.25) is 0 Å². The molecule has 2 aliphatic rings. The summed E-state index contributed by atoms with van der Waals surface area (Å²) in [6, 6.07) is 35.7. The Morgan fingerprint density at radius 2 is 1.46 bits per heavy atom. The van der Waals surface area contributed by atoms with Gasteiger partial charge in [0.1, 0.15) is 0 Å². The summed E-state index contributed by atoms with van der Waals surface area (Å²) in [6.07, 6.45) is 0. The maximum atomic E-state index is 11.6. The summed E-state index contributed by atoms with van der Waals surface area (Å²) >= 11 is 0. The molecule has 0 saturated carbocycles. The largest absolute Gasteiger partial charge is 0.478 e. The molecule has 0 amide bonds. The molecule has 0 bridgehead atoms. The SMILES string of the molecule is Cc1nn(-c2ccccc2)c2c1C(c1ccc(C(=O)O)cc1)N1C(=N2)N(Cc2ccccc2)c2ccccc21. The minimum atomic E-state index is -0.943. The first-order chi connectivity index (χ1) is 19.1. The third-order valence-electron chi connectivity index (χ3n) is 7.37. The lowest BCUT2D eigenvalue weighted by molar-refractivity contribution is 0.0697. The van der Waals surface area contributed by atoms with Gasteiger partial charge in [-0.05, 0) is 54.4 Å². The number of carboxylic acid groups (broad SMARTS) is 1. The second-order valence-electron chi connectivity index (χ2n) is 9.74. The second-order valence-corrected chi connectivity index (χ2v) is 9.74. The van der Waals surface area contributed by atoms with Crippen LogP contribution in [0.15, 0.2) is 114 Å². The van der Waals surface area contributed by atoms with Crippen LogP contribution in [0.5, 0.6) is 0 Å². The van der Waals surface area contributed by atoms with Crippen molar-refractivity contribution in [2.75, 3.05) is 9.80 Å². The minimum Gasteiger partial charge on any atom is -0.478 e. The molecule has 39 heavy (non-hydrogen) atoms. The lowest BCUT2D eigenvalue weighted by atomic mass is 9.94. The zero-order chi connectivity index (χ0) is 26.5. The summed E-state index contributed by atoms with van der Waals surface area (Å²) in [6.45, 7) is 2.67. The van der Waals surface area contributed by atoms with Crippen LogP contribution in [0.3, 0.4) is 0 Å². The number of carbonyl (C=O) groups is 1. The van der Waals surface area contributed by atoms with Gasteiger partial charge in [0, 0.05) is 5.56 Å². The molecule has 7 heteroatoms. The zero-order valence-electron chi connectivity index (χ0n) is 21.3. The van der Waals surface area contributed by atoms with E-state index in [0.717, 1.165) is 45.7 Å². The van der Waals surface area contributed by atoms with Crippen molar-refractivity contribution in [1.29, 1.82) is 0 Å². The highest BCUT2D eigenvalue weighted by molar-refractivity contribution is 6.18. The Kier molecular flexibility index (Phi) is 5.30. The molecule has 4 aromatic carbocycles. The van der Waals surface area contributed by atoms with Gasteiger partial charge in [0.05, 0.1) is 40.9 Å². The number of anilines is 2. The average molecular weight is 512 g/mol. The van der Waals surface area contributed by atoms with Crippen LogP contribution in [-0.2, 0) is 6.54 Å². The molecule has 3 heterocycles. The smallest absolute Gasteiger partial charge is 0.335 e. The molecule has 7 nitrogen and oxygen atoms in total. The van der Waals surface area contributed by atoms with Crippen LogP contribution in [0.1, 0.15) is 38.8 Å². The Morgan fingerprint density at radius 3 is 2.15 bits per heavy atom. The van der Waals surface area contributed by atoms with Crippen molar-refractivity contribution in [3.63, 3.8) is 0 Å². The van der Waals surface area contributed by atoms with Crippen molar-refractivity contribution in [3.8, 4) is 5.69 Å². The van der Waals surface area contributed by atoms with Gasteiger partial charge in [0.25, 0.3) is 0 Å². The molecular formula is C32H25N5O2. The highest BCUT2D eigenvalue weighted by Crippen LogP contribution is 2.50. The van der Waals surface area contributed by atoms with E-state index in [1.807, 2.05) is 66.2 Å². The summed E-state index contributed by atoms with van der Waals surface area (Å²) in [4.78, 5) is 21.4. The van der Waals surface area contributed by atoms with Gasteiger partial charge in [-0.1, -0.05) is 72.8 Å². The lowest BCUT2D eigenvalue weighted by Crippen LogP contribution is -2.42. The quantitative estimate of drug-likeness (QED) is 0.292. The second kappa shape index (κ2) is 8.99. The predicted octanol–water partition coefficient (Wildman–Crippen LogP) is 6.50. The average Bonchev–Trinajstić information content (AvgIpc) is 3.47. The van der Waals surface area contributed by atoms with Crippen molar-refractivity contribution in [2.24, 2.45) is 4.99 Å². The van der Waals surface area contributed by atoms with Crippen molar-refractivity contribution in [2.45, 2.75) is 19.5 Å². The van der Waals surface area contributed by atoms with E-state index in [9.17, 15) is 9.90 Å². The lowest BCUT2D eigenvalue weighted by Gasteiger charge is -2.35. The molecule has 1 N–H and O–H groups in total. The van der Waals surface area contributed by atoms with Crippen LogP contribution in [0, 0.1) is 6.92 Å². The normalized spacial score (nSPS) is 15.4. The number of hydrogen-bond acceptors (Lipinski definition) is 5. The number of hydrogen-bond donors (Lipinski definition) is 1. The minimum absolute atomic E-state index is 0.241. The van der Waals surface area contributed by atoms with E-state index in [4.69, 9.17) is 10.1 Å². The fraction of sp³-hybridized carbons (Fsp3) is 0.0938. The van der Waals surface area contributed by atoms with Crippen molar-refractivity contribution < 1.29 is 9.90 Å². The van der Waals surface area contributed by atoms with Crippen molar-refractivity contribution >= 4 is 29.1 Å². The molecule has 0 aliphatic carbocycles. The van der Waals surface area contributed by atoms with Crippen LogP contribution in [0.4, 0.5) is 17.2 Å². The fourth-order valence-corrected chi connectivity index (χ4v) is 5.58. The molecule has 1 aromatic heterocycles. The molecule has 0 saturated heterocycles. The Morgan fingerprint density at radius 1 is 0.821 bits per heavy atom. The van der Waals surface area contributed by atoms with Gasteiger partial charge in [0.15, 0.2) is 5.82 Å². The first kappa shape index (κ1) is 23.0. The van der Waals surface area contributed by atoms with E-state index in [-0.39, 0.29) is 11.6 Å². The number of para-hydroxylation sites is 3. The number of aliphatic imine (C=N–C) groups is 1. The summed E-state index contributed by atoms with van der Waals surface area (Å²) < 4.78 is 1.91. The number of fused-ring (bicyclic) bond motifs is 4. The first-order valence-corrected chi connectivity index (χ1v) is 12.9. The molecule has 190 valence electrons. The summed E-state index contributed by atoms with van der Waals surface area (Å²) in [5.74, 6) is 0.654. The van der Waals surface area contributed by atoms with Gasteiger partial charge in [-0.2, -0.15) is 10.1 Å². The Bertz CT molecular complexity index is 1730. The third kappa shape index (κ3) is 3.70. The number of nitrogens with zero attached hydrogens (tertiary/aromatic N) is 5. The van der Waals surface area contributed by atoms with Crippen LogP contribution in [0.25, 0.3) is 5.69 Å². The Labute approximate surface area is 225 Å². The van der Waals surface area contributed by atoms with Crippen molar-refractivity contribution in [1.82, 2.24) is 9.78 Å². The standard InChI is InChI=1S/C32H25N5O2/c1-21-28-29(23-16-18-24(19-17-23)31(38)39)36-27-15-9-8-14-26(27)35(20-22-10-4-2-5-11-22)32(36)33-30(28)37(34-21)25-12-6-3-7-13-25/h2-19,29H,20H2,1H3,(H,38,39). The van der Waals surface area contributed by atoms with Gasteiger partial charge < -0.3 is 10.0 Å².